The van der Waals surface area contributed by atoms with Crippen molar-refractivity contribution in [3.05, 3.63) is 56.7 Å². The number of hydrogen-bond acceptors (Lipinski definition) is 1. The quantitative estimate of drug-likeness (QED) is 0.499. The third kappa shape index (κ3) is 2.93. The third-order valence-corrected chi connectivity index (χ3v) is 4.59. The van der Waals surface area contributed by atoms with E-state index in [1.165, 1.54) is 0 Å². The third-order valence-electron chi connectivity index (χ3n) is 3.17. The molecule has 0 atom stereocenters. The molecule has 6 heteroatoms. The number of aromatic nitrogens is 2. The Balaban J connectivity index is 2.27. The summed E-state index contributed by atoms with van der Waals surface area (Å²) >= 11 is 21.5. The molecule has 1 heterocycles. The fourth-order valence-electron chi connectivity index (χ4n) is 2.27. The summed E-state index contributed by atoms with van der Waals surface area (Å²) in [6.07, 6.45) is 0.675. The summed E-state index contributed by atoms with van der Waals surface area (Å²) in [6, 6.07) is 11.5. The molecule has 0 saturated carbocycles. The Morgan fingerprint density at radius 2 is 1.86 bits per heavy atom. The second-order valence-corrected chi connectivity index (χ2v) is 6.64. The van der Waals surface area contributed by atoms with Crippen LogP contribution in [0.25, 0.3) is 16.7 Å². The lowest BCUT2D eigenvalue weighted by atomic mass is 10.2. The van der Waals surface area contributed by atoms with Gasteiger partial charge in [-0.15, -0.1) is 11.6 Å². The van der Waals surface area contributed by atoms with Gasteiger partial charge in [-0.05, 0) is 36.4 Å². The highest BCUT2D eigenvalue weighted by molar-refractivity contribution is 9.10. The predicted octanol–water partition coefficient (Wildman–Crippen LogP) is 5.88. The molecule has 2 aromatic carbocycles. The summed E-state index contributed by atoms with van der Waals surface area (Å²) in [5.74, 6) is 1.41. The van der Waals surface area contributed by atoms with Gasteiger partial charge in [0.1, 0.15) is 5.82 Å². The van der Waals surface area contributed by atoms with Crippen LogP contribution >= 0.6 is 50.7 Å². The van der Waals surface area contributed by atoms with Crippen LogP contribution in [0.15, 0.2) is 40.9 Å². The van der Waals surface area contributed by atoms with E-state index in [0.29, 0.717) is 22.3 Å². The number of fused-ring (bicyclic) bond motifs is 1. The molecular weight excluding hydrogens is 394 g/mol. The van der Waals surface area contributed by atoms with Crippen LogP contribution < -0.4 is 0 Å². The SMILES string of the molecule is ClCCc1nc2cc(Br)ccc2n1-c1ccc(Cl)c(Cl)c1. The first-order valence-electron chi connectivity index (χ1n) is 6.28. The second-order valence-electron chi connectivity index (χ2n) is 4.53. The van der Waals surface area contributed by atoms with Crippen molar-refractivity contribution in [2.24, 2.45) is 0 Å². The van der Waals surface area contributed by atoms with Crippen molar-refractivity contribution in [2.45, 2.75) is 6.42 Å². The van der Waals surface area contributed by atoms with Crippen LogP contribution in [0.3, 0.4) is 0 Å². The Labute approximate surface area is 145 Å². The summed E-state index contributed by atoms with van der Waals surface area (Å²) in [6.45, 7) is 0. The minimum Gasteiger partial charge on any atom is -0.296 e. The van der Waals surface area contributed by atoms with Gasteiger partial charge in [0.15, 0.2) is 0 Å². The molecule has 3 aromatic rings. The molecule has 0 aliphatic carbocycles. The van der Waals surface area contributed by atoms with E-state index in [1.807, 2.05) is 30.3 Å². The van der Waals surface area contributed by atoms with Gasteiger partial charge in [0, 0.05) is 22.5 Å². The van der Waals surface area contributed by atoms with E-state index in [0.717, 1.165) is 27.0 Å². The predicted molar refractivity (Wildman–Crippen MR) is 93.2 cm³/mol. The van der Waals surface area contributed by atoms with Crippen LogP contribution in [-0.4, -0.2) is 15.4 Å². The molecule has 0 saturated heterocycles. The Kier molecular flexibility index (Phi) is 4.46. The van der Waals surface area contributed by atoms with Gasteiger partial charge in [0.05, 0.1) is 21.1 Å². The van der Waals surface area contributed by atoms with Gasteiger partial charge in [-0.2, -0.15) is 0 Å². The van der Waals surface area contributed by atoms with Crippen molar-refractivity contribution < 1.29 is 0 Å². The number of aryl methyl sites for hydroxylation is 1. The molecule has 0 radical (unpaired) electrons. The topological polar surface area (TPSA) is 17.8 Å². The van der Waals surface area contributed by atoms with Crippen molar-refractivity contribution >= 4 is 61.8 Å². The molecule has 1 aromatic heterocycles. The Morgan fingerprint density at radius 3 is 2.57 bits per heavy atom. The van der Waals surface area contributed by atoms with Crippen molar-refractivity contribution in [2.75, 3.05) is 5.88 Å². The van der Waals surface area contributed by atoms with E-state index in [2.05, 4.69) is 25.5 Å². The Hall–Kier alpha value is -0.740. The first kappa shape index (κ1) is 15.2. The zero-order chi connectivity index (χ0) is 15.0. The number of imidazole rings is 1. The summed E-state index contributed by atoms with van der Waals surface area (Å²) < 4.78 is 3.05. The van der Waals surface area contributed by atoms with E-state index >= 15 is 0 Å². The monoisotopic (exact) mass is 402 g/mol. The maximum absolute atomic E-state index is 6.14. The first-order valence-corrected chi connectivity index (χ1v) is 8.37. The summed E-state index contributed by atoms with van der Waals surface area (Å²) in [4.78, 5) is 4.66. The molecule has 0 aliphatic rings. The number of alkyl halides is 1. The van der Waals surface area contributed by atoms with Gasteiger partial charge in [-0.1, -0.05) is 39.1 Å². The number of benzene rings is 2. The summed E-state index contributed by atoms with van der Waals surface area (Å²) in [5, 5.41) is 1.05. The number of hydrogen-bond donors (Lipinski definition) is 0. The average Bonchev–Trinajstić information content (AvgIpc) is 2.79. The smallest absolute Gasteiger partial charge is 0.115 e. The molecular formula is C15H10BrCl3N2. The largest absolute Gasteiger partial charge is 0.296 e. The standard InChI is InChI=1S/C15H10BrCl3N2/c16-9-1-4-14-13(7-9)20-15(5-6-17)21(14)10-2-3-11(18)12(19)8-10/h1-4,7-8H,5-6H2. The van der Waals surface area contributed by atoms with Crippen molar-refractivity contribution in [3.63, 3.8) is 0 Å². The maximum atomic E-state index is 6.14. The van der Waals surface area contributed by atoms with Gasteiger partial charge < -0.3 is 0 Å². The molecule has 3 rings (SSSR count). The lowest BCUT2D eigenvalue weighted by molar-refractivity contribution is 0.912. The molecule has 0 amide bonds. The van der Waals surface area contributed by atoms with E-state index in [9.17, 15) is 0 Å². The highest BCUT2D eigenvalue weighted by atomic mass is 79.9. The molecule has 21 heavy (non-hydrogen) atoms. The zero-order valence-electron chi connectivity index (χ0n) is 10.8. The second kappa shape index (κ2) is 6.17. The van der Waals surface area contributed by atoms with E-state index in [1.54, 1.807) is 6.07 Å². The van der Waals surface area contributed by atoms with Crippen LogP contribution in [0.2, 0.25) is 10.0 Å². The van der Waals surface area contributed by atoms with Gasteiger partial charge in [0.2, 0.25) is 0 Å². The average molecular weight is 405 g/mol. The van der Waals surface area contributed by atoms with Crippen LogP contribution in [0, 0.1) is 0 Å². The van der Waals surface area contributed by atoms with E-state index in [4.69, 9.17) is 34.8 Å². The maximum Gasteiger partial charge on any atom is 0.115 e. The normalized spacial score (nSPS) is 11.2. The van der Waals surface area contributed by atoms with Crippen molar-refractivity contribution in [3.8, 4) is 5.69 Å². The molecule has 0 aliphatic heterocycles. The van der Waals surface area contributed by atoms with Crippen LogP contribution in [0.5, 0.6) is 0 Å². The highest BCUT2D eigenvalue weighted by Crippen LogP contribution is 2.29. The lowest BCUT2D eigenvalue weighted by Crippen LogP contribution is -2.02. The Morgan fingerprint density at radius 1 is 1.05 bits per heavy atom. The van der Waals surface area contributed by atoms with Crippen molar-refractivity contribution in [1.29, 1.82) is 0 Å². The molecule has 0 unspecified atom stereocenters. The van der Waals surface area contributed by atoms with Gasteiger partial charge >= 0.3 is 0 Å². The van der Waals surface area contributed by atoms with Crippen LogP contribution in [0.1, 0.15) is 5.82 Å². The van der Waals surface area contributed by atoms with Crippen LogP contribution in [0.4, 0.5) is 0 Å². The molecule has 0 N–H and O–H groups in total. The van der Waals surface area contributed by atoms with Crippen molar-refractivity contribution in [1.82, 2.24) is 9.55 Å². The van der Waals surface area contributed by atoms with Crippen LogP contribution in [-0.2, 0) is 6.42 Å². The molecule has 108 valence electrons. The lowest BCUT2D eigenvalue weighted by Gasteiger charge is -2.09. The summed E-state index contributed by atoms with van der Waals surface area (Å²) in [7, 11) is 0. The first-order chi connectivity index (χ1) is 10.1. The summed E-state index contributed by atoms with van der Waals surface area (Å²) in [5.41, 5.74) is 2.85. The van der Waals surface area contributed by atoms with Gasteiger partial charge in [0.25, 0.3) is 0 Å². The van der Waals surface area contributed by atoms with Gasteiger partial charge in [-0.25, -0.2) is 4.98 Å². The Bertz CT molecular complexity index is 814. The number of rotatable bonds is 3. The van der Waals surface area contributed by atoms with E-state index < -0.39 is 0 Å². The molecule has 2 nitrogen and oxygen atoms in total. The minimum atomic E-state index is 0.506. The number of nitrogens with zero attached hydrogens (tertiary/aromatic N) is 2. The number of halogens is 4. The van der Waals surface area contributed by atoms with Gasteiger partial charge in [-0.3, -0.25) is 4.57 Å². The minimum absolute atomic E-state index is 0.506. The highest BCUT2D eigenvalue weighted by Gasteiger charge is 2.13. The van der Waals surface area contributed by atoms with E-state index in [-0.39, 0.29) is 0 Å². The molecule has 0 spiro atoms. The molecule has 0 bridgehead atoms. The zero-order valence-corrected chi connectivity index (χ0v) is 14.6. The molecule has 0 fully saturated rings. The fraction of sp³-hybridized carbons (Fsp3) is 0.133. The fourth-order valence-corrected chi connectivity index (χ4v) is 3.08.